The van der Waals surface area contributed by atoms with E-state index >= 15 is 0 Å². The molecular weight excluding hydrogens is 358 g/mol. The molecule has 148 valence electrons. The number of quaternary nitrogens is 1. The fourth-order valence-corrected chi connectivity index (χ4v) is 3.82. The number of aryl methyl sites for hydroxylation is 2. The van der Waals surface area contributed by atoms with Crippen molar-refractivity contribution in [2.24, 2.45) is 17.3 Å². The van der Waals surface area contributed by atoms with E-state index in [4.69, 9.17) is 0 Å². The molecule has 1 N–H and O–H groups in total. The fraction of sp³-hybridized carbons (Fsp3) is 0.550. The van der Waals surface area contributed by atoms with Crippen molar-refractivity contribution in [2.45, 2.75) is 26.9 Å². The molecule has 2 rings (SSSR count). The Morgan fingerprint density at radius 1 is 1.30 bits per heavy atom. The van der Waals surface area contributed by atoms with E-state index in [1.165, 1.54) is 5.69 Å². The predicted octanol–water partition coefficient (Wildman–Crippen LogP) is 3.58. The number of benzene rings is 1. The Bertz CT molecular complexity index is 769. The van der Waals surface area contributed by atoms with Gasteiger partial charge in [0.15, 0.2) is 0 Å². The Hall–Kier alpha value is -1.83. The van der Waals surface area contributed by atoms with E-state index in [9.17, 15) is 5.11 Å². The highest BCUT2D eigenvalue weighted by atomic mass is 32.1. The second-order valence-electron chi connectivity index (χ2n) is 7.74. The highest BCUT2D eigenvalue weighted by Gasteiger charge is 2.19. The molecule has 1 aromatic heterocycles. The molecule has 0 bridgehead atoms. The molecule has 0 aliphatic heterocycles. The van der Waals surface area contributed by atoms with Crippen molar-refractivity contribution >= 4 is 27.8 Å². The molecular formula is C20H33N5OS+2. The number of likely N-dealkylation sites (N-methyl/N-ethyl adjacent to an activating group) is 2. The van der Waals surface area contributed by atoms with Gasteiger partial charge in [0, 0.05) is 17.6 Å². The molecule has 7 heteroatoms. The quantitative estimate of drug-likeness (QED) is 0.403. The number of anilines is 1. The number of hydrogen-bond donors (Lipinski definition) is 1. The molecule has 6 nitrogen and oxygen atoms in total. The van der Waals surface area contributed by atoms with Crippen LogP contribution in [-0.2, 0) is 7.05 Å². The minimum Gasteiger partial charge on any atom is -0.388 e. The maximum Gasteiger partial charge on any atom is 0.408 e. The Morgan fingerprint density at radius 3 is 2.59 bits per heavy atom. The molecule has 0 fully saturated rings. The Kier molecular flexibility index (Phi) is 7.47. The Labute approximate surface area is 167 Å². The zero-order valence-corrected chi connectivity index (χ0v) is 18.2. The lowest BCUT2D eigenvalue weighted by molar-refractivity contribution is -0.891. The van der Waals surface area contributed by atoms with Crippen LogP contribution in [0.3, 0.4) is 0 Å². The standard InChI is InChI=1S/C20H33N5OS/c1-7-24(10-12-25(5,6)15-17(3)26)18-8-9-19(16(2)14-18)21-22-20-23(4)11-13-27-20/h8-9,11,13-14,17,26H,7,10,12,15H2,1-6H3/q+2. The number of rotatable bonds is 9. The first kappa shape index (κ1) is 21.5. The van der Waals surface area contributed by atoms with Crippen molar-refractivity contribution < 1.29 is 14.2 Å². The Morgan fingerprint density at radius 2 is 2.04 bits per heavy atom. The van der Waals surface area contributed by atoms with Crippen molar-refractivity contribution in [1.29, 1.82) is 0 Å². The van der Waals surface area contributed by atoms with E-state index < -0.39 is 0 Å². The van der Waals surface area contributed by atoms with Crippen molar-refractivity contribution in [1.82, 2.24) is 0 Å². The summed E-state index contributed by atoms with van der Waals surface area (Å²) in [6.45, 7) is 9.73. The first-order valence-electron chi connectivity index (χ1n) is 9.42. The molecule has 0 aliphatic carbocycles. The molecule has 0 spiro atoms. The van der Waals surface area contributed by atoms with E-state index in [0.717, 1.165) is 47.0 Å². The fourth-order valence-electron chi connectivity index (χ4n) is 3.14. The van der Waals surface area contributed by atoms with Crippen LogP contribution in [0.5, 0.6) is 0 Å². The second-order valence-corrected chi connectivity index (χ2v) is 8.61. The number of nitrogens with zero attached hydrogens (tertiary/aromatic N) is 5. The lowest BCUT2D eigenvalue weighted by Gasteiger charge is -2.34. The Balaban J connectivity index is 2.07. The zero-order valence-electron chi connectivity index (χ0n) is 17.4. The number of aromatic nitrogens is 1. The normalized spacial score (nSPS) is 13.3. The molecule has 1 unspecified atom stereocenters. The van der Waals surface area contributed by atoms with Gasteiger partial charge in [0.05, 0.1) is 39.3 Å². The number of aliphatic hydroxyl groups excluding tert-OH is 1. The van der Waals surface area contributed by atoms with Gasteiger partial charge in [0.25, 0.3) is 0 Å². The summed E-state index contributed by atoms with van der Waals surface area (Å²) >= 11 is 1.57. The monoisotopic (exact) mass is 391 g/mol. The van der Waals surface area contributed by atoms with Crippen LogP contribution in [0.25, 0.3) is 0 Å². The molecule has 2 aromatic rings. The van der Waals surface area contributed by atoms with E-state index in [0.29, 0.717) is 0 Å². The van der Waals surface area contributed by atoms with Gasteiger partial charge in [-0.3, -0.25) is 0 Å². The van der Waals surface area contributed by atoms with Gasteiger partial charge >= 0.3 is 5.13 Å². The van der Waals surface area contributed by atoms with Crippen LogP contribution in [0, 0.1) is 6.92 Å². The molecule has 1 aromatic carbocycles. The summed E-state index contributed by atoms with van der Waals surface area (Å²) in [5.74, 6) is 0. The highest BCUT2D eigenvalue weighted by Crippen LogP contribution is 2.27. The van der Waals surface area contributed by atoms with Crippen LogP contribution in [0.15, 0.2) is 40.0 Å². The SMILES string of the molecule is CCN(CC[N+](C)(C)CC(C)O)c1ccc(/N=N/c2scc[n+]2C)c(C)c1. The summed E-state index contributed by atoms with van der Waals surface area (Å²) in [4.78, 5) is 2.37. The van der Waals surface area contributed by atoms with Gasteiger partial charge in [-0.1, -0.05) is 0 Å². The maximum absolute atomic E-state index is 9.68. The summed E-state index contributed by atoms with van der Waals surface area (Å²) in [5.41, 5.74) is 3.22. The van der Waals surface area contributed by atoms with Crippen LogP contribution in [-0.4, -0.2) is 56.0 Å². The number of hydrogen-bond acceptors (Lipinski definition) is 5. The number of aliphatic hydroxyl groups is 1. The lowest BCUT2D eigenvalue weighted by atomic mass is 10.1. The van der Waals surface area contributed by atoms with Gasteiger partial charge < -0.3 is 14.5 Å². The van der Waals surface area contributed by atoms with E-state index in [2.05, 4.69) is 55.2 Å². The zero-order chi connectivity index (χ0) is 20.0. The van der Waals surface area contributed by atoms with Crippen molar-refractivity contribution in [3.8, 4) is 0 Å². The molecule has 1 heterocycles. The molecule has 1 atom stereocenters. The van der Waals surface area contributed by atoms with Crippen molar-refractivity contribution in [2.75, 3.05) is 45.2 Å². The van der Waals surface area contributed by atoms with E-state index in [1.54, 1.807) is 11.3 Å². The van der Waals surface area contributed by atoms with Gasteiger partial charge in [-0.25, -0.2) is 4.57 Å². The van der Waals surface area contributed by atoms with Crippen LogP contribution in [0.1, 0.15) is 19.4 Å². The topological polar surface area (TPSA) is 52.1 Å². The molecule has 0 radical (unpaired) electrons. The van der Waals surface area contributed by atoms with Crippen LogP contribution in [0.2, 0.25) is 0 Å². The third kappa shape index (κ3) is 6.37. The first-order valence-corrected chi connectivity index (χ1v) is 10.3. The lowest BCUT2D eigenvalue weighted by Crippen LogP contribution is -2.49. The summed E-state index contributed by atoms with van der Waals surface area (Å²) in [6, 6.07) is 6.34. The summed E-state index contributed by atoms with van der Waals surface area (Å²) in [5, 5.41) is 21.3. The van der Waals surface area contributed by atoms with Crippen LogP contribution in [0.4, 0.5) is 16.5 Å². The molecule has 0 amide bonds. The molecule has 0 saturated heterocycles. The smallest absolute Gasteiger partial charge is 0.388 e. The van der Waals surface area contributed by atoms with Crippen LogP contribution < -0.4 is 9.47 Å². The van der Waals surface area contributed by atoms with E-state index in [1.807, 2.05) is 36.2 Å². The first-order chi connectivity index (χ1) is 12.7. The van der Waals surface area contributed by atoms with Gasteiger partial charge in [-0.15, -0.1) is 0 Å². The van der Waals surface area contributed by atoms with E-state index in [-0.39, 0.29) is 6.10 Å². The summed E-state index contributed by atoms with van der Waals surface area (Å²) in [6.07, 6.45) is 1.69. The van der Waals surface area contributed by atoms with Gasteiger partial charge in [-0.05, 0) is 61.0 Å². The van der Waals surface area contributed by atoms with Gasteiger partial charge in [0.2, 0.25) is 0 Å². The van der Waals surface area contributed by atoms with Crippen molar-refractivity contribution in [3.63, 3.8) is 0 Å². The minimum absolute atomic E-state index is 0.285. The largest absolute Gasteiger partial charge is 0.408 e. The minimum atomic E-state index is -0.285. The maximum atomic E-state index is 9.68. The highest BCUT2D eigenvalue weighted by molar-refractivity contribution is 7.12. The third-order valence-corrected chi connectivity index (χ3v) is 5.50. The average Bonchev–Trinajstić information content (AvgIpc) is 2.98. The number of thiazole rings is 1. The van der Waals surface area contributed by atoms with Gasteiger partial charge in [0.1, 0.15) is 24.5 Å². The predicted molar refractivity (Wildman–Crippen MR) is 112 cm³/mol. The summed E-state index contributed by atoms with van der Waals surface area (Å²) < 4.78 is 2.77. The van der Waals surface area contributed by atoms with Gasteiger partial charge in [-0.2, -0.15) is 0 Å². The molecule has 0 aliphatic rings. The van der Waals surface area contributed by atoms with Crippen LogP contribution >= 0.6 is 11.3 Å². The molecule has 0 saturated carbocycles. The number of azo groups is 1. The molecule has 27 heavy (non-hydrogen) atoms. The van der Waals surface area contributed by atoms with Crippen molar-refractivity contribution in [3.05, 3.63) is 35.3 Å². The second kappa shape index (κ2) is 9.39. The average molecular weight is 392 g/mol. The summed E-state index contributed by atoms with van der Waals surface area (Å²) in [7, 11) is 6.30. The third-order valence-electron chi connectivity index (χ3n) is 4.66.